The summed E-state index contributed by atoms with van der Waals surface area (Å²) in [6.07, 6.45) is 1.39. The molecular weight excluding hydrogens is 300 g/mol. The lowest BCUT2D eigenvalue weighted by Crippen LogP contribution is -2.21. The van der Waals surface area contributed by atoms with Gasteiger partial charge < -0.3 is 15.4 Å². The Labute approximate surface area is 143 Å². The van der Waals surface area contributed by atoms with E-state index in [1.54, 1.807) is 0 Å². The highest BCUT2D eigenvalue weighted by Crippen LogP contribution is 2.26. The maximum atomic E-state index is 11.4. The molecule has 126 valence electrons. The van der Waals surface area contributed by atoms with E-state index < -0.39 is 0 Å². The molecule has 1 heterocycles. The molecule has 2 aromatic carbocycles. The molecule has 0 fully saturated rings. The largest absolute Gasteiger partial charge is 0.494 e. The molecule has 0 aromatic heterocycles. The van der Waals surface area contributed by atoms with E-state index in [9.17, 15) is 4.79 Å². The molecule has 0 saturated heterocycles. The predicted molar refractivity (Wildman–Crippen MR) is 96.3 cm³/mol. The molecule has 24 heavy (non-hydrogen) atoms. The van der Waals surface area contributed by atoms with Crippen LogP contribution in [0.5, 0.6) is 5.75 Å². The molecule has 0 bridgehead atoms. The van der Waals surface area contributed by atoms with Crippen LogP contribution in [-0.2, 0) is 17.8 Å². The van der Waals surface area contributed by atoms with Crippen molar-refractivity contribution in [2.45, 2.75) is 39.3 Å². The highest BCUT2D eigenvalue weighted by atomic mass is 16.5. The molecule has 0 spiro atoms. The number of amides is 1. The van der Waals surface area contributed by atoms with Crippen LogP contribution in [0.2, 0.25) is 0 Å². The molecule has 2 aromatic rings. The standard InChI is InChI=1S/C20H24N2O2/c1-3-24-18-8-4-15(5-9-18)13-21-14(2)16-6-10-19-17(12-16)7-11-20(23)22-19/h4-6,8-10,12,14,21H,3,7,11,13H2,1-2H3,(H,22,23). The second-order valence-corrected chi connectivity index (χ2v) is 6.14. The van der Waals surface area contributed by atoms with Crippen LogP contribution in [0.4, 0.5) is 5.69 Å². The normalized spacial score (nSPS) is 14.7. The molecule has 4 nitrogen and oxygen atoms in total. The van der Waals surface area contributed by atoms with Crippen LogP contribution in [0.3, 0.4) is 0 Å². The predicted octanol–water partition coefficient (Wildman–Crippen LogP) is 3.82. The van der Waals surface area contributed by atoms with Gasteiger partial charge >= 0.3 is 0 Å². The summed E-state index contributed by atoms with van der Waals surface area (Å²) >= 11 is 0. The fourth-order valence-corrected chi connectivity index (χ4v) is 2.93. The van der Waals surface area contributed by atoms with Crippen molar-refractivity contribution in [2.24, 2.45) is 0 Å². The Morgan fingerprint density at radius 3 is 2.71 bits per heavy atom. The molecule has 4 heteroatoms. The van der Waals surface area contributed by atoms with E-state index in [1.165, 1.54) is 16.7 Å². The number of rotatable bonds is 6. The smallest absolute Gasteiger partial charge is 0.224 e. The third-order valence-electron chi connectivity index (χ3n) is 4.37. The first kappa shape index (κ1) is 16.5. The van der Waals surface area contributed by atoms with Crippen LogP contribution in [-0.4, -0.2) is 12.5 Å². The topological polar surface area (TPSA) is 50.4 Å². The first-order chi connectivity index (χ1) is 11.7. The van der Waals surface area contributed by atoms with Crippen molar-refractivity contribution in [3.05, 3.63) is 59.2 Å². The number of carbonyl (C=O) groups excluding carboxylic acids is 1. The Morgan fingerprint density at radius 2 is 1.96 bits per heavy atom. The molecule has 0 saturated carbocycles. The van der Waals surface area contributed by atoms with Crippen LogP contribution in [0.25, 0.3) is 0 Å². The van der Waals surface area contributed by atoms with Gasteiger partial charge in [-0.1, -0.05) is 24.3 Å². The van der Waals surface area contributed by atoms with Crippen LogP contribution < -0.4 is 15.4 Å². The van der Waals surface area contributed by atoms with E-state index in [1.807, 2.05) is 25.1 Å². The number of aryl methyl sites for hydroxylation is 1. The second kappa shape index (κ2) is 7.49. The molecule has 1 unspecified atom stereocenters. The molecule has 1 atom stereocenters. The van der Waals surface area contributed by atoms with Gasteiger partial charge in [0.1, 0.15) is 5.75 Å². The highest BCUT2D eigenvalue weighted by Gasteiger charge is 2.16. The third kappa shape index (κ3) is 3.95. The number of hydrogen-bond donors (Lipinski definition) is 2. The highest BCUT2D eigenvalue weighted by molar-refractivity contribution is 5.93. The minimum atomic E-state index is 0.108. The van der Waals surface area contributed by atoms with E-state index in [2.05, 4.69) is 41.8 Å². The van der Waals surface area contributed by atoms with E-state index in [4.69, 9.17) is 4.74 Å². The molecule has 2 N–H and O–H groups in total. The summed E-state index contributed by atoms with van der Waals surface area (Å²) in [6, 6.07) is 14.7. The third-order valence-corrected chi connectivity index (χ3v) is 4.37. The molecule has 1 amide bonds. The SMILES string of the molecule is CCOc1ccc(CNC(C)c2ccc3c(c2)CCC(=O)N3)cc1. The van der Waals surface area contributed by atoms with E-state index in [0.29, 0.717) is 13.0 Å². The summed E-state index contributed by atoms with van der Waals surface area (Å²) in [7, 11) is 0. The average Bonchev–Trinajstić information content (AvgIpc) is 2.60. The quantitative estimate of drug-likeness (QED) is 0.849. The molecule has 1 aliphatic heterocycles. The Bertz CT molecular complexity index is 710. The minimum Gasteiger partial charge on any atom is -0.494 e. The van der Waals surface area contributed by atoms with Gasteiger partial charge in [0.25, 0.3) is 0 Å². The van der Waals surface area contributed by atoms with Crippen LogP contribution >= 0.6 is 0 Å². The van der Waals surface area contributed by atoms with Crippen LogP contribution in [0, 0.1) is 0 Å². The lowest BCUT2D eigenvalue weighted by molar-refractivity contribution is -0.116. The monoisotopic (exact) mass is 324 g/mol. The first-order valence-electron chi connectivity index (χ1n) is 8.53. The molecule has 3 rings (SSSR count). The number of carbonyl (C=O) groups is 1. The maximum Gasteiger partial charge on any atom is 0.224 e. The summed E-state index contributed by atoms with van der Waals surface area (Å²) in [4.78, 5) is 11.4. The maximum absolute atomic E-state index is 11.4. The summed E-state index contributed by atoms with van der Waals surface area (Å²) in [6.45, 7) is 5.65. The number of fused-ring (bicyclic) bond motifs is 1. The first-order valence-corrected chi connectivity index (χ1v) is 8.53. The van der Waals surface area contributed by atoms with Gasteiger partial charge in [-0.05, 0) is 55.2 Å². The summed E-state index contributed by atoms with van der Waals surface area (Å²) < 4.78 is 5.47. The number of anilines is 1. The summed E-state index contributed by atoms with van der Waals surface area (Å²) in [5.41, 5.74) is 4.65. The van der Waals surface area contributed by atoms with Crippen molar-refractivity contribution in [3.63, 3.8) is 0 Å². The zero-order valence-corrected chi connectivity index (χ0v) is 14.3. The van der Waals surface area contributed by atoms with Crippen LogP contribution in [0.1, 0.15) is 43.0 Å². The van der Waals surface area contributed by atoms with Gasteiger partial charge in [0, 0.05) is 24.7 Å². The summed E-state index contributed by atoms with van der Waals surface area (Å²) in [5, 5.41) is 6.48. The number of hydrogen-bond acceptors (Lipinski definition) is 3. The molecule has 1 aliphatic rings. The zero-order chi connectivity index (χ0) is 16.9. The Hall–Kier alpha value is -2.33. The van der Waals surface area contributed by atoms with Crippen molar-refractivity contribution < 1.29 is 9.53 Å². The second-order valence-electron chi connectivity index (χ2n) is 6.14. The van der Waals surface area contributed by atoms with E-state index in [-0.39, 0.29) is 11.9 Å². The fourth-order valence-electron chi connectivity index (χ4n) is 2.93. The number of ether oxygens (including phenoxy) is 1. The van der Waals surface area contributed by atoms with Crippen LogP contribution in [0.15, 0.2) is 42.5 Å². The molecule has 0 radical (unpaired) electrons. The van der Waals surface area contributed by atoms with Crippen molar-refractivity contribution in [1.82, 2.24) is 5.32 Å². The Kier molecular flexibility index (Phi) is 5.16. The lowest BCUT2D eigenvalue weighted by atomic mass is 9.97. The van der Waals surface area contributed by atoms with Gasteiger partial charge in [-0.2, -0.15) is 0 Å². The van der Waals surface area contributed by atoms with E-state index >= 15 is 0 Å². The Morgan fingerprint density at radius 1 is 1.17 bits per heavy atom. The van der Waals surface area contributed by atoms with Gasteiger partial charge in [-0.25, -0.2) is 0 Å². The van der Waals surface area contributed by atoms with Crippen molar-refractivity contribution in [2.75, 3.05) is 11.9 Å². The lowest BCUT2D eigenvalue weighted by Gasteiger charge is -2.20. The van der Waals surface area contributed by atoms with Gasteiger partial charge in [0.05, 0.1) is 6.61 Å². The zero-order valence-electron chi connectivity index (χ0n) is 14.3. The fraction of sp³-hybridized carbons (Fsp3) is 0.350. The Balaban J connectivity index is 1.60. The van der Waals surface area contributed by atoms with Crippen molar-refractivity contribution in [3.8, 4) is 5.75 Å². The average molecular weight is 324 g/mol. The van der Waals surface area contributed by atoms with Crippen molar-refractivity contribution in [1.29, 1.82) is 0 Å². The number of nitrogens with one attached hydrogen (secondary N) is 2. The minimum absolute atomic E-state index is 0.108. The van der Waals surface area contributed by atoms with E-state index in [0.717, 1.165) is 24.4 Å². The van der Waals surface area contributed by atoms with Gasteiger partial charge in [-0.15, -0.1) is 0 Å². The number of benzene rings is 2. The van der Waals surface area contributed by atoms with Crippen molar-refractivity contribution >= 4 is 11.6 Å². The van der Waals surface area contributed by atoms with Gasteiger partial charge in [0.15, 0.2) is 0 Å². The van der Waals surface area contributed by atoms with Gasteiger partial charge in [-0.3, -0.25) is 4.79 Å². The summed E-state index contributed by atoms with van der Waals surface area (Å²) in [5.74, 6) is 1.02. The molecule has 0 aliphatic carbocycles. The molecular formula is C20H24N2O2. The van der Waals surface area contributed by atoms with Gasteiger partial charge in [0.2, 0.25) is 5.91 Å².